The maximum absolute atomic E-state index is 10.8. The molecule has 0 fully saturated rings. The van der Waals surface area contributed by atoms with Gasteiger partial charge >= 0.3 is 0 Å². The average molecular weight is 297 g/mol. The zero-order valence-corrected chi connectivity index (χ0v) is 10.7. The fourth-order valence-corrected chi connectivity index (χ4v) is 2.20. The molecule has 0 amide bonds. The molecule has 86 valence electrons. The Bertz CT molecular complexity index is 410. The van der Waals surface area contributed by atoms with Gasteiger partial charge in [0.25, 0.3) is 0 Å². The molecule has 0 aliphatic carbocycles. The second-order valence-corrected chi connectivity index (χ2v) is 6.47. The van der Waals surface area contributed by atoms with Gasteiger partial charge in [0.2, 0.25) is 0 Å². The van der Waals surface area contributed by atoms with Crippen molar-refractivity contribution >= 4 is 25.8 Å². The molecule has 1 N–H and O–H groups in total. The minimum atomic E-state index is -2.95. The van der Waals surface area contributed by atoms with Crippen molar-refractivity contribution in [3.8, 4) is 0 Å². The van der Waals surface area contributed by atoms with Crippen LogP contribution in [0.25, 0.3) is 0 Å². The van der Waals surface area contributed by atoms with Gasteiger partial charge in [-0.2, -0.15) is 0 Å². The number of aliphatic hydroxyl groups excluding tert-OH is 1. The van der Waals surface area contributed by atoms with E-state index in [2.05, 4.69) is 15.9 Å². The normalized spacial score (nSPS) is 14.1. The molecule has 1 aromatic rings. The summed E-state index contributed by atoms with van der Waals surface area (Å²) in [6, 6.07) is 3.35. The molecule has 0 aliphatic heterocycles. The summed E-state index contributed by atoms with van der Waals surface area (Å²) in [4.78, 5) is 0. The maximum Gasteiger partial charge on any atom is 0.169 e. The highest BCUT2D eigenvalue weighted by molar-refractivity contribution is 9.10. The van der Waals surface area contributed by atoms with E-state index in [0.29, 0.717) is 23.3 Å². The van der Waals surface area contributed by atoms with Crippen LogP contribution in [0.2, 0.25) is 0 Å². The molecule has 0 spiro atoms. The Balaban J connectivity index is 2.40. The van der Waals surface area contributed by atoms with E-state index in [1.807, 2.05) is 0 Å². The number of furan rings is 1. The van der Waals surface area contributed by atoms with Crippen molar-refractivity contribution in [1.29, 1.82) is 0 Å². The van der Waals surface area contributed by atoms with Gasteiger partial charge in [0, 0.05) is 12.0 Å². The second kappa shape index (κ2) is 5.14. The number of rotatable bonds is 5. The summed E-state index contributed by atoms with van der Waals surface area (Å²) in [5.74, 6) is 0.543. The lowest BCUT2D eigenvalue weighted by molar-refractivity contribution is 0.138. The van der Waals surface area contributed by atoms with Gasteiger partial charge in [-0.1, -0.05) is 0 Å². The van der Waals surface area contributed by atoms with Crippen LogP contribution in [0.1, 0.15) is 24.7 Å². The van der Waals surface area contributed by atoms with E-state index < -0.39 is 15.9 Å². The minimum Gasteiger partial charge on any atom is -0.452 e. The number of halogens is 1. The van der Waals surface area contributed by atoms with Crippen LogP contribution >= 0.6 is 15.9 Å². The first-order valence-corrected chi connectivity index (χ1v) is 7.35. The van der Waals surface area contributed by atoms with Gasteiger partial charge in [-0.3, -0.25) is 0 Å². The Morgan fingerprint density at radius 1 is 1.53 bits per heavy atom. The minimum absolute atomic E-state index is 0.0892. The van der Waals surface area contributed by atoms with Crippen LogP contribution < -0.4 is 0 Å². The number of hydrogen-bond donors (Lipinski definition) is 1. The lowest BCUT2D eigenvalue weighted by Crippen LogP contribution is -2.05. The summed E-state index contributed by atoms with van der Waals surface area (Å²) in [5, 5.41) is 9.62. The number of hydrogen-bond acceptors (Lipinski definition) is 4. The topological polar surface area (TPSA) is 67.5 Å². The van der Waals surface area contributed by atoms with Crippen molar-refractivity contribution in [3.05, 3.63) is 22.6 Å². The lowest BCUT2D eigenvalue weighted by Gasteiger charge is -2.06. The molecule has 0 aromatic carbocycles. The predicted molar refractivity (Wildman–Crippen MR) is 60.3 cm³/mol. The fourth-order valence-electron chi connectivity index (χ4n) is 1.19. The van der Waals surface area contributed by atoms with Gasteiger partial charge in [0.15, 0.2) is 4.67 Å². The van der Waals surface area contributed by atoms with Gasteiger partial charge in [-0.05, 0) is 40.9 Å². The van der Waals surface area contributed by atoms with Crippen molar-refractivity contribution < 1.29 is 17.9 Å². The monoisotopic (exact) mass is 296 g/mol. The molecule has 1 atom stereocenters. The Labute approximate surface area is 97.3 Å². The first kappa shape index (κ1) is 12.7. The Morgan fingerprint density at radius 2 is 2.20 bits per heavy atom. The standard InChI is InChI=1S/C9H13BrO4S/c1-15(12,13)6-2-3-7(11)8-4-5-9(10)14-8/h4-5,7,11H,2-3,6H2,1H3. The third kappa shape index (κ3) is 4.81. The largest absolute Gasteiger partial charge is 0.452 e. The smallest absolute Gasteiger partial charge is 0.169 e. The Morgan fingerprint density at radius 3 is 2.67 bits per heavy atom. The zero-order chi connectivity index (χ0) is 11.5. The summed E-state index contributed by atoms with van der Waals surface area (Å²) >= 11 is 3.13. The Kier molecular flexibility index (Phi) is 4.36. The van der Waals surface area contributed by atoms with E-state index in [1.165, 1.54) is 6.26 Å². The van der Waals surface area contributed by atoms with Crippen molar-refractivity contribution in [2.45, 2.75) is 18.9 Å². The van der Waals surface area contributed by atoms with Gasteiger partial charge in [-0.15, -0.1) is 0 Å². The summed E-state index contributed by atoms with van der Waals surface area (Å²) < 4.78 is 27.4. The molecule has 4 nitrogen and oxygen atoms in total. The zero-order valence-electron chi connectivity index (χ0n) is 8.31. The average Bonchev–Trinajstić information content (AvgIpc) is 2.49. The van der Waals surface area contributed by atoms with E-state index in [4.69, 9.17) is 4.42 Å². The molecule has 0 saturated carbocycles. The second-order valence-electron chi connectivity index (χ2n) is 3.43. The summed E-state index contributed by atoms with van der Waals surface area (Å²) in [5.41, 5.74) is 0. The molecule has 6 heteroatoms. The van der Waals surface area contributed by atoms with Crippen LogP contribution in [0.4, 0.5) is 0 Å². The quantitative estimate of drug-likeness (QED) is 0.901. The highest BCUT2D eigenvalue weighted by atomic mass is 79.9. The molecule has 0 saturated heterocycles. The summed E-state index contributed by atoms with van der Waals surface area (Å²) in [7, 11) is -2.95. The number of aliphatic hydroxyl groups is 1. The van der Waals surface area contributed by atoms with Crippen LogP contribution in [0.5, 0.6) is 0 Å². The molecule has 0 bridgehead atoms. The molecule has 0 radical (unpaired) electrons. The molecule has 1 heterocycles. The van der Waals surface area contributed by atoms with Crippen LogP contribution in [-0.4, -0.2) is 25.5 Å². The summed E-state index contributed by atoms with van der Waals surface area (Å²) in [6.07, 6.45) is 1.26. The molecule has 15 heavy (non-hydrogen) atoms. The van der Waals surface area contributed by atoms with Gasteiger partial charge in [-0.25, -0.2) is 8.42 Å². The highest BCUT2D eigenvalue weighted by Crippen LogP contribution is 2.23. The molecule has 1 rings (SSSR count). The molecule has 1 unspecified atom stereocenters. The maximum atomic E-state index is 10.8. The van der Waals surface area contributed by atoms with E-state index in [9.17, 15) is 13.5 Å². The van der Waals surface area contributed by atoms with E-state index in [0.717, 1.165) is 0 Å². The van der Waals surface area contributed by atoms with E-state index >= 15 is 0 Å². The SMILES string of the molecule is CS(=O)(=O)CCCC(O)c1ccc(Br)o1. The fraction of sp³-hybridized carbons (Fsp3) is 0.556. The number of sulfone groups is 1. The highest BCUT2D eigenvalue weighted by Gasteiger charge is 2.12. The van der Waals surface area contributed by atoms with Crippen molar-refractivity contribution in [2.24, 2.45) is 0 Å². The molecule has 0 aliphatic rings. The molecular formula is C9H13BrO4S. The van der Waals surface area contributed by atoms with Crippen molar-refractivity contribution in [1.82, 2.24) is 0 Å². The van der Waals surface area contributed by atoms with Gasteiger partial charge < -0.3 is 9.52 Å². The Hall–Kier alpha value is -0.330. The first-order valence-electron chi connectivity index (χ1n) is 4.49. The van der Waals surface area contributed by atoms with Gasteiger partial charge in [0.05, 0.1) is 0 Å². The summed E-state index contributed by atoms with van der Waals surface area (Å²) in [6.45, 7) is 0. The molecular weight excluding hydrogens is 284 g/mol. The van der Waals surface area contributed by atoms with Crippen molar-refractivity contribution in [2.75, 3.05) is 12.0 Å². The van der Waals surface area contributed by atoms with Crippen molar-refractivity contribution in [3.63, 3.8) is 0 Å². The first-order chi connectivity index (χ1) is 6.88. The third-order valence-corrected chi connectivity index (χ3v) is 3.37. The van der Waals surface area contributed by atoms with Crippen LogP contribution in [0.3, 0.4) is 0 Å². The van der Waals surface area contributed by atoms with E-state index in [-0.39, 0.29) is 5.75 Å². The lowest BCUT2D eigenvalue weighted by atomic mass is 10.2. The van der Waals surface area contributed by atoms with Crippen LogP contribution in [-0.2, 0) is 9.84 Å². The van der Waals surface area contributed by atoms with Crippen LogP contribution in [0.15, 0.2) is 21.2 Å². The van der Waals surface area contributed by atoms with E-state index in [1.54, 1.807) is 12.1 Å². The van der Waals surface area contributed by atoms with Gasteiger partial charge in [0.1, 0.15) is 21.7 Å². The molecule has 1 aromatic heterocycles. The predicted octanol–water partition coefficient (Wildman–Crippen LogP) is 1.90. The third-order valence-electron chi connectivity index (χ3n) is 1.92. The van der Waals surface area contributed by atoms with Crippen LogP contribution in [0, 0.1) is 0 Å².